The zero-order chi connectivity index (χ0) is 30.0. The van der Waals surface area contributed by atoms with Crippen molar-refractivity contribution >= 4 is 11.6 Å². The number of benzene rings is 4. The maximum atomic E-state index is 6.46. The van der Waals surface area contributed by atoms with Crippen molar-refractivity contribution in [3.05, 3.63) is 106 Å². The van der Waals surface area contributed by atoms with E-state index in [9.17, 15) is 0 Å². The fourth-order valence-electron chi connectivity index (χ4n) is 8.25. The van der Waals surface area contributed by atoms with Gasteiger partial charge in [-0.1, -0.05) is 158 Å². The van der Waals surface area contributed by atoms with E-state index in [2.05, 4.69) is 100 Å². The van der Waals surface area contributed by atoms with Crippen LogP contribution in [0, 0.1) is 0 Å². The summed E-state index contributed by atoms with van der Waals surface area (Å²) in [4.78, 5) is 0. The maximum Gasteiger partial charge on any atom is 0.0409 e. The summed E-state index contributed by atoms with van der Waals surface area (Å²) in [6.07, 6.45) is 15.8. The van der Waals surface area contributed by atoms with Gasteiger partial charge in [-0.15, -0.1) is 0 Å². The zero-order valence-corrected chi connectivity index (χ0v) is 27.6. The molecule has 0 amide bonds. The summed E-state index contributed by atoms with van der Waals surface area (Å²) >= 11 is 6.46. The first-order valence-corrected chi connectivity index (χ1v) is 17.5. The summed E-state index contributed by atoms with van der Waals surface area (Å²) in [5, 5.41) is 0.818. The van der Waals surface area contributed by atoms with E-state index in [1.165, 1.54) is 122 Å². The minimum atomic E-state index is -0.0702. The van der Waals surface area contributed by atoms with Crippen molar-refractivity contribution in [2.24, 2.45) is 0 Å². The summed E-state index contributed by atoms with van der Waals surface area (Å²) in [5.41, 5.74) is 14.2. The van der Waals surface area contributed by atoms with Gasteiger partial charge < -0.3 is 0 Å². The second-order valence-corrected chi connectivity index (χ2v) is 14.2. The molecule has 2 aliphatic carbocycles. The van der Waals surface area contributed by atoms with Gasteiger partial charge in [0.15, 0.2) is 0 Å². The minimum Gasteiger partial charge on any atom is -0.0843 e. The van der Waals surface area contributed by atoms with Gasteiger partial charge in [0.25, 0.3) is 0 Å². The molecule has 0 heterocycles. The van der Waals surface area contributed by atoms with E-state index in [1.54, 1.807) is 11.1 Å². The van der Waals surface area contributed by atoms with Crippen LogP contribution >= 0.6 is 11.6 Å². The van der Waals surface area contributed by atoms with Crippen LogP contribution in [0.5, 0.6) is 0 Å². The molecule has 0 saturated carbocycles. The van der Waals surface area contributed by atoms with Crippen molar-refractivity contribution in [3.8, 4) is 33.4 Å². The highest BCUT2D eigenvalue weighted by molar-refractivity contribution is 6.30. The standard InChI is InChI=1S/C42H49Cl/c1-5-7-9-11-15-25-42(26-16-12-10-8-6-2)37-18-14-13-17-33(37)36-23-20-31(28-40(36)42)30-19-22-34-35-24-21-32(43)29-39(35)41(3,4)38(34)27-30/h13-14,17-24,27-29H,5-12,15-16,25-26H2,1-4H3. The molecule has 4 aromatic rings. The molecule has 4 aromatic carbocycles. The summed E-state index contributed by atoms with van der Waals surface area (Å²) in [5.74, 6) is 0. The molecular formula is C42H49Cl. The Balaban J connectivity index is 1.40. The predicted molar refractivity (Wildman–Crippen MR) is 187 cm³/mol. The van der Waals surface area contributed by atoms with Crippen molar-refractivity contribution < 1.29 is 0 Å². The molecule has 0 saturated heterocycles. The molecule has 224 valence electrons. The Kier molecular flexibility index (Phi) is 8.89. The van der Waals surface area contributed by atoms with Gasteiger partial charge in [0.2, 0.25) is 0 Å². The summed E-state index contributed by atoms with van der Waals surface area (Å²) in [7, 11) is 0. The van der Waals surface area contributed by atoms with Crippen LogP contribution in [-0.4, -0.2) is 0 Å². The van der Waals surface area contributed by atoms with E-state index in [0.29, 0.717) is 0 Å². The highest BCUT2D eigenvalue weighted by Gasteiger charge is 2.42. The monoisotopic (exact) mass is 588 g/mol. The summed E-state index contributed by atoms with van der Waals surface area (Å²) in [6, 6.07) is 30.3. The zero-order valence-electron chi connectivity index (χ0n) is 26.9. The first-order valence-electron chi connectivity index (χ1n) is 17.1. The SMILES string of the molecule is CCCCCCCC1(CCCCCCC)c2ccccc2-c2ccc(-c3ccc4c(c3)C(C)(C)c3cc(Cl)ccc3-4)cc21. The van der Waals surface area contributed by atoms with Gasteiger partial charge in [-0.3, -0.25) is 0 Å². The molecule has 0 bridgehead atoms. The fraction of sp³-hybridized carbons (Fsp3) is 0.429. The van der Waals surface area contributed by atoms with E-state index < -0.39 is 0 Å². The normalized spacial score (nSPS) is 15.2. The Hall–Kier alpha value is -2.83. The molecule has 0 atom stereocenters. The molecule has 0 spiro atoms. The van der Waals surface area contributed by atoms with Crippen LogP contribution in [0.2, 0.25) is 5.02 Å². The third-order valence-electron chi connectivity index (χ3n) is 10.7. The Morgan fingerprint density at radius 2 is 0.977 bits per heavy atom. The molecule has 0 aliphatic heterocycles. The van der Waals surface area contributed by atoms with Gasteiger partial charge in [0, 0.05) is 15.9 Å². The van der Waals surface area contributed by atoms with Crippen LogP contribution < -0.4 is 0 Å². The molecule has 2 aliphatic rings. The Bertz CT molecular complexity index is 1570. The minimum absolute atomic E-state index is 0.0702. The topological polar surface area (TPSA) is 0 Å². The Morgan fingerprint density at radius 3 is 1.60 bits per heavy atom. The van der Waals surface area contributed by atoms with E-state index >= 15 is 0 Å². The summed E-state index contributed by atoms with van der Waals surface area (Å²) in [6.45, 7) is 9.33. The van der Waals surface area contributed by atoms with E-state index in [0.717, 1.165) is 5.02 Å². The van der Waals surface area contributed by atoms with Gasteiger partial charge >= 0.3 is 0 Å². The number of hydrogen-bond acceptors (Lipinski definition) is 0. The second-order valence-electron chi connectivity index (χ2n) is 13.8. The lowest BCUT2D eigenvalue weighted by Crippen LogP contribution is -2.25. The number of hydrogen-bond donors (Lipinski definition) is 0. The largest absolute Gasteiger partial charge is 0.0843 e. The molecule has 0 radical (unpaired) electrons. The third-order valence-corrected chi connectivity index (χ3v) is 10.9. The fourth-order valence-corrected chi connectivity index (χ4v) is 8.42. The highest BCUT2D eigenvalue weighted by Crippen LogP contribution is 2.55. The van der Waals surface area contributed by atoms with Gasteiger partial charge in [-0.25, -0.2) is 0 Å². The maximum absolute atomic E-state index is 6.46. The van der Waals surface area contributed by atoms with Crippen LogP contribution in [0.4, 0.5) is 0 Å². The van der Waals surface area contributed by atoms with E-state index in [-0.39, 0.29) is 10.8 Å². The van der Waals surface area contributed by atoms with Crippen LogP contribution in [-0.2, 0) is 10.8 Å². The quantitative estimate of drug-likeness (QED) is 0.136. The molecule has 0 nitrogen and oxygen atoms in total. The average molecular weight is 589 g/mol. The first kappa shape index (κ1) is 30.2. The summed E-state index contributed by atoms with van der Waals surface area (Å²) < 4.78 is 0. The molecule has 6 rings (SSSR count). The molecule has 0 fully saturated rings. The highest BCUT2D eigenvalue weighted by atomic mass is 35.5. The smallest absolute Gasteiger partial charge is 0.0409 e. The lowest BCUT2D eigenvalue weighted by atomic mass is 9.70. The van der Waals surface area contributed by atoms with Gasteiger partial charge in [0.05, 0.1) is 0 Å². The number of fused-ring (bicyclic) bond motifs is 6. The van der Waals surface area contributed by atoms with Crippen molar-refractivity contribution in [2.45, 2.75) is 116 Å². The van der Waals surface area contributed by atoms with Gasteiger partial charge in [0.1, 0.15) is 0 Å². The average Bonchev–Trinajstić information content (AvgIpc) is 3.42. The number of unbranched alkanes of at least 4 members (excludes halogenated alkanes) is 8. The lowest BCUT2D eigenvalue weighted by Gasteiger charge is -2.33. The van der Waals surface area contributed by atoms with E-state index in [1.807, 2.05) is 6.07 Å². The first-order chi connectivity index (χ1) is 20.9. The Labute approximate surface area is 265 Å². The molecule has 0 N–H and O–H groups in total. The van der Waals surface area contributed by atoms with E-state index in [4.69, 9.17) is 11.6 Å². The van der Waals surface area contributed by atoms with Gasteiger partial charge in [-0.2, -0.15) is 0 Å². The molecule has 0 unspecified atom stereocenters. The van der Waals surface area contributed by atoms with Crippen LogP contribution in [0.3, 0.4) is 0 Å². The second kappa shape index (κ2) is 12.6. The lowest BCUT2D eigenvalue weighted by molar-refractivity contribution is 0.399. The molecule has 1 heteroatoms. The van der Waals surface area contributed by atoms with Crippen molar-refractivity contribution in [2.75, 3.05) is 0 Å². The predicted octanol–water partition coefficient (Wildman–Crippen LogP) is 13.3. The Morgan fingerprint density at radius 1 is 0.488 bits per heavy atom. The van der Waals surface area contributed by atoms with Crippen LogP contribution in [0.25, 0.3) is 33.4 Å². The van der Waals surface area contributed by atoms with Crippen molar-refractivity contribution in [1.82, 2.24) is 0 Å². The third kappa shape index (κ3) is 5.50. The van der Waals surface area contributed by atoms with Crippen molar-refractivity contribution in [1.29, 1.82) is 0 Å². The molecule has 43 heavy (non-hydrogen) atoms. The van der Waals surface area contributed by atoms with Crippen molar-refractivity contribution in [3.63, 3.8) is 0 Å². The molecule has 0 aromatic heterocycles. The number of halogens is 1. The number of rotatable bonds is 13. The molecular weight excluding hydrogens is 540 g/mol. The van der Waals surface area contributed by atoms with Crippen LogP contribution in [0.15, 0.2) is 78.9 Å². The van der Waals surface area contributed by atoms with Crippen LogP contribution in [0.1, 0.15) is 127 Å². The van der Waals surface area contributed by atoms with Gasteiger partial charge in [-0.05, 0) is 92.7 Å².